The van der Waals surface area contributed by atoms with E-state index in [-0.39, 0.29) is 12.1 Å². The van der Waals surface area contributed by atoms with Crippen LogP contribution in [0.25, 0.3) is 0 Å². The molecule has 0 radical (unpaired) electrons. The standard InChI is InChI=1S/C34H61NO2/c1-5-7-9-11-13-15-17-19-21-23-25-27-30-33(37-34(36)31-28-32-35(3)4)29-26-24-22-20-18-16-14-12-10-8-6-2/h5-7,10-13,33H,2,8-9,14-32H2,1,3-4H3/b7-5-,12-10-,13-11-. The van der Waals surface area contributed by atoms with E-state index in [0.29, 0.717) is 6.42 Å². The Bertz CT molecular complexity index is 591. The molecule has 0 fully saturated rings. The van der Waals surface area contributed by atoms with E-state index < -0.39 is 0 Å². The summed E-state index contributed by atoms with van der Waals surface area (Å²) >= 11 is 0. The number of rotatable bonds is 27. The number of esters is 1. The maximum Gasteiger partial charge on any atom is 0.306 e. The summed E-state index contributed by atoms with van der Waals surface area (Å²) in [6.45, 7) is 6.76. The number of carbonyl (C=O) groups is 1. The lowest BCUT2D eigenvalue weighted by Crippen LogP contribution is -2.20. The second-order valence-corrected chi connectivity index (χ2v) is 10.7. The Morgan fingerprint density at radius 2 is 1.22 bits per heavy atom. The number of allylic oxidation sites excluding steroid dienone is 7. The Morgan fingerprint density at radius 1 is 0.703 bits per heavy atom. The van der Waals surface area contributed by atoms with E-state index in [2.05, 4.69) is 69.0 Å². The van der Waals surface area contributed by atoms with Crippen molar-refractivity contribution in [1.82, 2.24) is 4.90 Å². The molecule has 0 N–H and O–H groups in total. The molecule has 0 heterocycles. The molecule has 214 valence electrons. The van der Waals surface area contributed by atoms with Gasteiger partial charge in [-0.25, -0.2) is 0 Å². The van der Waals surface area contributed by atoms with Crippen LogP contribution in [0.2, 0.25) is 0 Å². The van der Waals surface area contributed by atoms with Crippen molar-refractivity contribution in [3.63, 3.8) is 0 Å². The normalized spacial score (nSPS) is 12.9. The Labute approximate surface area is 231 Å². The van der Waals surface area contributed by atoms with Crippen LogP contribution in [0.5, 0.6) is 0 Å². The van der Waals surface area contributed by atoms with Crippen molar-refractivity contribution in [3.05, 3.63) is 49.1 Å². The third-order valence-electron chi connectivity index (χ3n) is 6.72. The first-order valence-electron chi connectivity index (χ1n) is 15.5. The molecule has 1 unspecified atom stereocenters. The Hall–Kier alpha value is -1.61. The van der Waals surface area contributed by atoms with Crippen molar-refractivity contribution in [2.75, 3.05) is 20.6 Å². The zero-order valence-corrected chi connectivity index (χ0v) is 24.9. The largest absolute Gasteiger partial charge is 0.462 e. The summed E-state index contributed by atoms with van der Waals surface area (Å²) in [5.41, 5.74) is 0. The molecule has 3 nitrogen and oxygen atoms in total. The van der Waals surface area contributed by atoms with Crippen LogP contribution >= 0.6 is 0 Å². The third kappa shape index (κ3) is 28.8. The van der Waals surface area contributed by atoms with E-state index in [9.17, 15) is 4.79 Å². The fourth-order valence-electron chi connectivity index (χ4n) is 4.47. The van der Waals surface area contributed by atoms with Crippen molar-refractivity contribution >= 4 is 5.97 Å². The average Bonchev–Trinajstić information content (AvgIpc) is 2.87. The van der Waals surface area contributed by atoms with Gasteiger partial charge in [0, 0.05) is 6.42 Å². The van der Waals surface area contributed by atoms with E-state index in [0.717, 1.165) is 38.6 Å². The molecule has 0 spiro atoms. The number of carbonyl (C=O) groups excluding carboxylic acids is 1. The SMILES string of the molecule is C=CC/C=C\CCCCCCCCC(CCCCCCCC/C=C\C/C=C\C)OC(=O)CCCN(C)C. The first-order valence-corrected chi connectivity index (χ1v) is 15.5. The maximum atomic E-state index is 12.4. The van der Waals surface area contributed by atoms with Crippen molar-refractivity contribution in [2.45, 2.75) is 141 Å². The predicted molar refractivity (Wildman–Crippen MR) is 164 cm³/mol. The van der Waals surface area contributed by atoms with Crippen LogP contribution in [0.3, 0.4) is 0 Å². The molecule has 0 bridgehead atoms. The van der Waals surface area contributed by atoms with Gasteiger partial charge < -0.3 is 9.64 Å². The molecule has 0 aliphatic rings. The molecule has 0 aliphatic carbocycles. The van der Waals surface area contributed by atoms with Gasteiger partial charge in [0.1, 0.15) is 6.10 Å². The number of hydrogen-bond donors (Lipinski definition) is 0. The van der Waals surface area contributed by atoms with Gasteiger partial charge in [-0.1, -0.05) is 93.9 Å². The van der Waals surface area contributed by atoms with E-state index in [1.54, 1.807) is 0 Å². The minimum absolute atomic E-state index is 0.00107. The van der Waals surface area contributed by atoms with Crippen molar-refractivity contribution in [2.24, 2.45) is 0 Å². The quantitative estimate of drug-likeness (QED) is 0.0619. The summed E-state index contributed by atoms with van der Waals surface area (Å²) in [7, 11) is 4.10. The first kappa shape index (κ1) is 35.4. The highest BCUT2D eigenvalue weighted by Gasteiger charge is 2.14. The number of nitrogens with zero attached hydrogens (tertiary/aromatic N) is 1. The second kappa shape index (κ2) is 29.0. The van der Waals surface area contributed by atoms with Crippen LogP contribution in [0.1, 0.15) is 135 Å². The van der Waals surface area contributed by atoms with Gasteiger partial charge in [0.25, 0.3) is 0 Å². The minimum Gasteiger partial charge on any atom is -0.462 e. The zero-order chi connectivity index (χ0) is 27.2. The van der Waals surface area contributed by atoms with Gasteiger partial charge in [0.15, 0.2) is 0 Å². The van der Waals surface area contributed by atoms with E-state index in [1.165, 1.54) is 89.9 Å². The molecule has 3 heteroatoms. The predicted octanol–water partition coefficient (Wildman–Crippen LogP) is 10.1. The molecular formula is C34H61NO2. The van der Waals surface area contributed by atoms with E-state index in [1.807, 2.05) is 6.08 Å². The van der Waals surface area contributed by atoms with Crippen molar-refractivity contribution in [1.29, 1.82) is 0 Å². The molecule has 0 amide bonds. The molecule has 37 heavy (non-hydrogen) atoms. The van der Waals surface area contributed by atoms with Crippen LogP contribution in [-0.4, -0.2) is 37.6 Å². The van der Waals surface area contributed by atoms with Gasteiger partial charge in [-0.05, 0) is 98.2 Å². The summed E-state index contributed by atoms with van der Waals surface area (Å²) in [4.78, 5) is 14.5. The van der Waals surface area contributed by atoms with Gasteiger partial charge in [0.05, 0.1) is 0 Å². The highest BCUT2D eigenvalue weighted by molar-refractivity contribution is 5.69. The molecule has 0 aromatic heterocycles. The van der Waals surface area contributed by atoms with Gasteiger partial charge in [-0.2, -0.15) is 0 Å². The smallest absolute Gasteiger partial charge is 0.306 e. The summed E-state index contributed by atoms with van der Waals surface area (Å²) in [5.74, 6) is -0.00107. The van der Waals surface area contributed by atoms with Gasteiger partial charge in [0.2, 0.25) is 0 Å². The van der Waals surface area contributed by atoms with Crippen molar-refractivity contribution < 1.29 is 9.53 Å². The fraction of sp³-hybridized carbons (Fsp3) is 0.735. The Morgan fingerprint density at radius 3 is 1.73 bits per heavy atom. The van der Waals surface area contributed by atoms with Crippen LogP contribution in [0.4, 0.5) is 0 Å². The molecule has 0 aliphatic heterocycles. The number of hydrogen-bond acceptors (Lipinski definition) is 3. The third-order valence-corrected chi connectivity index (χ3v) is 6.72. The lowest BCUT2D eigenvalue weighted by Gasteiger charge is -2.18. The fourth-order valence-corrected chi connectivity index (χ4v) is 4.47. The Kier molecular flexibility index (Phi) is 27.7. The molecule has 0 aromatic rings. The van der Waals surface area contributed by atoms with E-state index in [4.69, 9.17) is 4.74 Å². The monoisotopic (exact) mass is 515 g/mol. The summed E-state index contributed by atoms with van der Waals surface area (Å²) in [5, 5.41) is 0. The minimum atomic E-state index is -0.00107. The van der Waals surface area contributed by atoms with Crippen LogP contribution in [0, 0.1) is 0 Å². The van der Waals surface area contributed by atoms with E-state index >= 15 is 0 Å². The zero-order valence-electron chi connectivity index (χ0n) is 24.9. The highest BCUT2D eigenvalue weighted by Crippen LogP contribution is 2.18. The molecule has 0 saturated carbocycles. The maximum absolute atomic E-state index is 12.4. The van der Waals surface area contributed by atoms with Crippen LogP contribution < -0.4 is 0 Å². The van der Waals surface area contributed by atoms with Gasteiger partial charge in [-0.15, -0.1) is 6.58 Å². The summed E-state index contributed by atoms with van der Waals surface area (Å²) in [6, 6.07) is 0. The van der Waals surface area contributed by atoms with Gasteiger partial charge in [-0.3, -0.25) is 4.79 Å². The molecular weight excluding hydrogens is 454 g/mol. The topological polar surface area (TPSA) is 29.5 Å². The number of ether oxygens (including phenoxy) is 1. The Balaban J connectivity index is 4.05. The lowest BCUT2D eigenvalue weighted by molar-refractivity contribution is -0.150. The molecule has 1 atom stereocenters. The lowest BCUT2D eigenvalue weighted by atomic mass is 10.0. The summed E-state index contributed by atoms with van der Waals surface area (Å²) < 4.78 is 5.94. The molecule has 0 saturated heterocycles. The van der Waals surface area contributed by atoms with Crippen molar-refractivity contribution in [3.8, 4) is 0 Å². The first-order chi connectivity index (χ1) is 18.1. The molecule has 0 aromatic carbocycles. The number of unbranched alkanes of at least 4 members (excludes halogenated alkanes) is 12. The van der Waals surface area contributed by atoms with Crippen LogP contribution in [-0.2, 0) is 9.53 Å². The summed E-state index contributed by atoms with van der Waals surface area (Å²) in [6.07, 6.45) is 38.7. The average molecular weight is 516 g/mol. The second-order valence-electron chi connectivity index (χ2n) is 10.7. The van der Waals surface area contributed by atoms with Crippen LogP contribution in [0.15, 0.2) is 49.1 Å². The highest BCUT2D eigenvalue weighted by atomic mass is 16.5. The van der Waals surface area contributed by atoms with Gasteiger partial charge >= 0.3 is 5.97 Å². The molecule has 0 rings (SSSR count).